The lowest BCUT2D eigenvalue weighted by Gasteiger charge is -2.07. The smallest absolute Gasteiger partial charge is 0.0740 e. The average molecular weight is 336 g/mol. The van der Waals surface area contributed by atoms with Crippen molar-refractivity contribution in [2.75, 3.05) is 0 Å². The highest BCUT2D eigenvalue weighted by Crippen LogP contribution is 2.27. The topological polar surface area (TPSA) is 24.4 Å². The van der Waals surface area contributed by atoms with E-state index in [4.69, 9.17) is 4.99 Å². The summed E-state index contributed by atoms with van der Waals surface area (Å²) in [6, 6.07) is 16.9. The molecule has 23 heavy (non-hydrogen) atoms. The van der Waals surface area contributed by atoms with Gasteiger partial charge in [0.1, 0.15) is 0 Å². The number of rotatable bonds is 5. The summed E-state index contributed by atoms with van der Waals surface area (Å²) in [5.41, 5.74) is 4.70. The molecule has 0 aliphatic heterocycles. The third kappa shape index (κ3) is 3.14. The fourth-order valence-corrected chi connectivity index (χ4v) is 3.94. The van der Waals surface area contributed by atoms with Gasteiger partial charge in [0.05, 0.1) is 12.3 Å². The molecule has 0 atom stereocenters. The maximum Gasteiger partial charge on any atom is 0.0740 e. The lowest BCUT2D eigenvalue weighted by molar-refractivity contribution is 0.910. The molecule has 4 heteroatoms. The van der Waals surface area contributed by atoms with Crippen LogP contribution in [-0.4, -0.2) is 5.71 Å². The Morgan fingerprint density at radius 1 is 0.826 bits per heavy atom. The Labute approximate surface area is 143 Å². The fraction of sp³-hybridized carbons (Fsp3) is 0.105. The predicted octanol–water partition coefficient (Wildman–Crippen LogP) is 4.94. The first-order chi connectivity index (χ1) is 11.4. The van der Waals surface area contributed by atoms with Crippen molar-refractivity contribution in [1.82, 2.24) is 5.32 Å². The monoisotopic (exact) mass is 336 g/mol. The number of fused-ring (bicyclic) bond motifs is 1. The van der Waals surface area contributed by atoms with Gasteiger partial charge >= 0.3 is 0 Å². The molecule has 0 unspecified atom stereocenters. The second-order valence-corrected chi connectivity index (χ2v) is 7.38. The number of aliphatic imine (C=N–C) groups is 1. The maximum atomic E-state index is 4.82. The highest BCUT2D eigenvalue weighted by molar-refractivity contribution is 7.10. The molecular weight excluding hydrogens is 320 g/mol. The van der Waals surface area contributed by atoms with Gasteiger partial charge in [-0.15, -0.1) is 22.7 Å². The fourth-order valence-electron chi connectivity index (χ4n) is 2.67. The van der Waals surface area contributed by atoms with Gasteiger partial charge in [-0.3, -0.25) is 4.99 Å². The van der Waals surface area contributed by atoms with Crippen LogP contribution in [0.1, 0.15) is 20.9 Å². The SMILES string of the molecule is C1=C(NCc2cccs2)c2ccccc2C1=NCc1cccs1. The van der Waals surface area contributed by atoms with Crippen LogP contribution in [-0.2, 0) is 13.1 Å². The molecule has 0 amide bonds. The van der Waals surface area contributed by atoms with Crippen LogP contribution >= 0.6 is 22.7 Å². The molecule has 1 aromatic carbocycles. The molecule has 0 radical (unpaired) electrons. The van der Waals surface area contributed by atoms with E-state index < -0.39 is 0 Å². The molecule has 4 rings (SSSR count). The molecule has 0 saturated carbocycles. The number of allylic oxidation sites excluding steroid dienone is 1. The maximum absolute atomic E-state index is 4.82. The van der Waals surface area contributed by atoms with Gasteiger partial charge in [0.2, 0.25) is 0 Å². The summed E-state index contributed by atoms with van der Waals surface area (Å²) in [5, 5.41) is 7.77. The third-order valence-electron chi connectivity index (χ3n) is 3.79. The van der Waals surface area contributed by atoms with Crippen LogP contribution in [0.25, 0.3) is 5.70 Å². The van der Waals surface area contributed by atoms with Gasteiger partial charge in [0, 0.05) is 33.1 Å². The molecule has 2 nitrogen and oxygen atoms in total. The second-order valence-electron chi connectivity index (χ2n) is 5.32. The molecule has 2 aromatic heterocycles. The summed E-state index contributed by atoms with van der Waals surface area (Å²) in [6.07, 6.45) is 2.17. The van der Waals surface area contributed by atoms with Crippen LogP contribution in [0.2, 0.25) is 0 Å². The summed E-state index contributed by atoms with van der Waals surface area (Å²) in [7, 11) is 0. The largest absolute Gasteiger partial charge is 0.380 e. The molecule has 3 aromatic rings. The minimum Gasteiger partial charge on any atom is -0.380 e. The Kier molecular flexibility index (Phi) is 4.09. The van der Waals surface area contributed by atoms with Crippen molar-refractivity contribution in [3.05, 3.63) is 86.2 Å². The highest BCUT2D eigenvalue weighted by atomic mass is 32.1. The van der Waals surface area contributed by atoms with E-state index in [0.717, 1.165) is 18.8 Å². The molecule has 1 aliphatic rings. The van der Waals surface area contributed by atoms with Crippen LogP contribution in [0.3, 0.4) is 0 Å². The second kappa shape index (κ2) is 6.52. The molecule has 0 fully saturated rings. The van der Waals surface area contributed by atoms with Gasteiger partial charge in [-0.05, 0) is 29.0 Å². The number of hydrogen-bond donors (Lipinski definition) is 1. The Hall–Kier alpha value is -2.17. The van der Waals surface area contributed by atoms with Crippen molar-refractivity contribution >= 4 is 34.1 Å². The van der Waals surface area contributed by atoms with E-state index in [1.807, 2.05) is 0 Å². The minimum absolute atomic E-state index is 0.746. The van der Waals surface area contributed by atoms with E-state index in [2.05, 4.69) is 70.7 Å². The standard InChI is InChI=1S/C19H16N2S2/c1-2-8-17-16(7-1)18(20-12-14-5-3-9-22-14)11-19(17)21-13-15-6-4-10-23-15/h1-11,20H,12-13H2. The van der Waals surface area contributed by atoms with Gasteiger partial charge in [-0.2, -0.15) is 0 Å². The number of nitrogens with zero attached hydrogens (tertiary/aromatic N) is 1. The first kappa shape index (κ1) is 14.4. The third-order valence-corrected chi connectivity index (χ3v) is 5.53. The molecular formula is C19H16N2S2. The number of thiophene rings is 2. The van der Waals surface area contributed by atoms with E-state index >= 15 is 0 Å². The van der Waals surface area contributed by atoms with Crippen molar-refractivity contribution in [3.63, 3.8) is 0 Å². The Morgan fingerprint density at radius 3 is 2.30 bits per heavy atom. The number of hydrogen-bond acceptors (Lipinski definition) is 4. The minimum atomic E-state index is 0.746. The normalized spacial score (nSPS) is 14.8. The van der Waals surface area contributed by atoms with Gasteiger partial charge in [-0.25, -0.2) is 0 Å². The van der Waals surface area contributed by atoms with Crippen molar-refractivity contribution in [1.29, 1.82) is 0 Å². The van der Waals surface area contributed by atoms with Gasteiger partial charge in [0.15, 0.2) is 0 Å². The van der Waals surface area contributed by atoms with Crippen LogP contribution in [0.4, 0.5) is 0 Å². The first-order valence-corrected chi connectivity index (χ1v) is 9.30. The molecule has 0 saturated heterocycles. The van der Waals surface area contributed by atoms with Gasteiger partial charge < -0.3 is 5.32 Å². The van der Waals surface area contributed by atoms with Crippen molar-refractivity contribution < 1.29 is 0 Å². The highest BCUT2D eigenvalue weighted by Gasteiger charge is 2.18. The zero-order valence-electron chi connectivity index (χ0n) is 12.5. The quantitative estimate of drug-likeness (QED) is 0.701. The lowest BCUT2D eigenvalue weighted by Crippen LogP contribution is -2.09. The van der Waals surface area contributed by atoms with E-state index in [1.165, 1.54) is 26.6 Å². The van der Waals surface area contributed by atoms with Gasteiger partial charge in [-0.1, -0.05) is 36.4 Å². The van der Waals surface area contributed by atoms with Crippen molar-refractivity contribution in [2.45, 2.75) is 13.1 Å². The molecule has 114 valence electrons. The molecule has 0 bridgehead atoms. The molecule has 1 N–H and O–H groups in total. The average Bonchev–Trinajstić information content (AvgIpc) is 3.32. The lowest BCUT2D eigenvalue weighted by atomic mass is 10.1. The predicted molar refractivity (Wildman–Crippen MR) is 100 cm³/mol. The molecule has 1 aliphatic carbocycles. The number of benzene rings is 1. The van der Waals surface area contributed by atoms with E-state index in [0.29, 0.717) is 0 Å². The molecule has 2 heterocycles. The van der Waals surface area contributed by atoms with Crippen LogP contribution in [0.5, 0.6) is 0 Å². The van der Waals surface area contributed by atoms with E-state index in [-0.39, 0.29) is 0 Å². The zero-order chi connectivity index (χ0) is 15.5. The first-order valence-electron chi connectivity index (χ1n) is 7.55. The van der Waals surface area contributed by atoms with Crippen molar-refractivity contribution in [3.8, 4) is 0 Å². The molecule has 0 spiro atoms. The Bertz CT molecular complexity index is 843. The van der Waals surface area contributed by atoms with Crippen LogP contribution in [0, 0.1) is 0 Å². The zero-order valence-corrected chi connectivity index (χ0v) is 14.2. The summed E-state index contributed by atoms with van der Waals surface area (Å²) < 4.78 is 0. The summed E-state index contributed by atoms with van der Waals surface area (Å²) in [5.74, 6) is 0. The van der Waals surface area contributed by atoms with Crippen LogP contribution < -0.4 is 5.32 Å². The summed E-state index contributed by atoms with van der Waals surface area (Å²) >= 11 is 3.53. The Balaban J connectivity index is 1.58. The van der Waals surface area contributed by atoms with Crippen molar-refractivity contribution in [2.24, 2.45) is 4.99 Å². The van der Waals surface area contributed by atoms with Gasteiger partial charge in [0.25, 0.3) is 0 Å². The number of nitrogens with one attached hydrogen (secondary N) is 1. The summed E-state index contributed by atoms with van der Waals surface area (Å²) in [6.45, 7) is 1.60. The Morgan fingerprint density at radius 2 is 1.57 bits per heavy atom. The van der Waals surface area contributed by atoms with Crippen LogP contribution in [0.15, 0.2) is 70.4 Å². The summed E-state index contributed by atoms with van der Waals surface area (Å²) in [4.78, 5) is 7.45. The van der Waals surface area contributed by atoms with E-state index in [1.54, 1.807) is 22.7 Å². The van der Waals surface area contributed by atoms with E-state index in [9.17, 15) is 0 Å².